The van der Waals surface area contributed by atoms with Gasteiger partial charge in [0.05, 0.1) is 12.1 Å². The van der Waals surface area contributed by atoms with Gasteiger partial charge in [-0.05, 0) is 18.2 Å². The van der Waals surface area contributed by atoms with Crippen molar-refractivity contribution >= 4 is 45.8 Å². The molecule has 1 aromatic heterocycles. The molecule has 1 heterocycles. The van der Waals surface area contributed by atoms with Crippen molar-refractivity contribution in [3.63, 3.8) is 0 Å². The number of thiol groups is 1. The summed E-state index contributed by atoms with van der Waals surface area (Å²) < 4.78 is 0.867. The summed E-state index contributed by atoms with van der Waals surface area (Å²) in [6.07, 6.45) is 0. The van der Waals surface area contributed by atoms with E-state index in [0.29, 0.717) is 22.7 Å². The van der Waals surface area contributed by atoms with E-state index in [2.05, 4.69) is 38.9 Å². The van der Waals surface area contributed by atoms with Gasteiger partial charge in [0, 0.05) is 20.4 Å². The molecule has 18 heavy (non-hydrogen) atoms. The van der Waals surface area contributed by atoms with Crippen LogP contribution in [0.1, 0.15) is 16.1 Å². The Bertz CT molecular complexity index is 636. The molecule has 0 aliphatic rings. The normalized spacial score (nSPS) is 10.3. The Morgan fingerprint density at radius 1 is 1.50 bits per heavy atom. The number of hydrogen-bond acceptors (Lipinski definition) is 4. The number of rotatable bonds is 3. The third-order valence-electron chi connectivity index (χ3n) is 2.21. The largest absolute Gasteiger partial charge is 0.346 e. The lowest BCUT2D eigenvalue weighted by molar-refractivity contribution is 0.0947. The van der Waals surface area contributed by atoms with Crippen LogP contribution >= 0.6 is 39.9 Å². The highest BCUT2D eigenvalue weighted by Crippen LogP contribution is 2.19. The first kappa shape index (κ1) is 13.4. The lowest BCUT2D eigenvalue weighted by Crippen LogP contribution is -2.23. The van der Waals surface area contributed by atoms with Crippen LogP contribution in [0.4, 0.5) is 0 Å². The zero-order valence-electron chi connectivity index (χ0n) is 9.07. The molecule has 0 atom stereocenters. The minimum atomic E-state index is -0.223. The summed E-state index contributed by atoms with van der Waals surface area (Å²) >= 11 is 8.62. The summed E-state index contributed by atoms with van der Waals surface area (Å²) in [7, 11) is 0. The maximum absolute atomic E-state index is 11.9. The van der Waals surface area contributed by atoms with E-state index in [4.69, 9.17) is 0 Å². The molecule has 0 spiro atoms. The number of carbonyl (C=O) groups excluding carboxylic acids is 1. The van der Waals surface area contributed by atoms with Crippen LogP contribution in [0.25, 0.3) is 0 Å². The van der Waals surface area contributed by atoms with Crippen molar-refractivity contribution in [3.8, 4) is 0 Å². The number of halogens is 1. The fourth-order valence-electron chi connectivity index (χ4n) is 1.37. The van der Waals surface area contributed by atoms with Crippen LogP contribution < -0.4 is 10.2 Å². The topological polar surface area (TPSA) is 62.0 Å². The highest BCUT2D eigenvalue weighted by atomic mass is 79.9. The zero-order chi connectivity index (χ0) is 13.1. The highest BCUT2D eigenvalue weighted by Gasteiger charge is 2.09. The summed E-state index contributed by atoms with van der Waals surface area (Å²) in [6.45, 7) is 0.293. The molecule has 0 unspecified atom stereocenters. The van der Waals surface area contributed by atoms with Crippen molar-refractivity contribution in [2.24, 2.45) is 0 Å². The third kappa shape index (κ3) is 3.24. The highest BCUT2D eigenvalue weighted by molar-refractivity contribution is 9.10. The number of aromatic nitrogens is 1. The van der Waals surface area contributed by atoms with Crippen molar-refractivity contribution < 1.29 is 4.79 Å². The second kappa shape index (κ2) is 5.73. The standard InChI is InChI=1S/C11H9BrN2O2S2/c12-6-1-2-8(9(17)3-6)10(15)13-4-7-5-18-11(16)14-7/h1-3,5,17H,4H2,(H,13,15)(H,14,16). The van der Waals surface area contributed by atoms with Gasteiger partial charge in [0.25, 0.3) is 5.91 Å². The van der Waals surface area contributed by atoms with Crippen LogP contribution in [0.5, 0.6) is 0 Å². The fourth-order valence-corrected chi connectivity index (χ4v) is 2.80. The molecule has 7 heteroatoms. The van der Waals surface area contributed by atoms with Crippen molar-refractivity contribution in [3.05, 3.63) is 49.0 Å². The Morgan fingerprint density at radius 2 is 2.28 bits per heavy atom. The number of thiazole rings is 1. The monoisotopic (exact) mass is 344 g/mol. The van der Waals surface area contributed by atoms with E-state index in [1.807, 2.05) is 0 Å². The predicted molar refractivity (Wildman–Crippen MR) is 77.5 cm³/mol. The molecule has 0 aliphatic carbocycles. The molecule has 0 saturated carbocycles. The minimum absolute atomic E-state index is 0.127. The summed E-state index contributed by atoms with van der Waals surface area (Å²) in [5.41, 5.74) is 1.19. The van der Waals surface area contributed by atoms with E-state index in [9.17, 15) is 9.59 Å². The second-order valence-electron chi connectivity index (χ2n) is 3.52. The Morgan fingerprint density at radius 3 is 2.89 bits per heavy atom. The van der Waals surface area contributed by atoms with Gasteiger partial charge in [-0.15, -0.1) is 12.6 Å². The quantitative estimate of drug-likeness (QED) is 0.748. The molecule has 0 bridgehead atoms. The molecule has 4 nitrogen and oxygen atoms in total. The van der Waals surface area contributed by atoms with E-state index in [0.717, 1.165) is 15.8 Å². The van der Waals surface area contributed by atoms with Crippen molar-refractivity contribution in [1.29, 1.82) is 0 Å². The van der Waals surface area contributed by atoms with Crippen LogP contribution in [0.2, 0.25) is 0 Å². The Labute approximate surface area is 121 Å². The van der Waals surface area contributed by atoms with E-state index in [1.54, 1.807) is 23.6 Å². The Balaban J connectivity index is 2.06. The first-order valence-corrected chi connectivity index (χ1v) is 7.11. The molecule has 0 saturated heterocycles. The lowest BCUT2D eigenvalue weighted by Gasteiger charge is -2.06. The number of carbonyl (C=O) groups is 1. The lowest BCUT2D eigenvalue weighted by atomic mass is 10.2. The van der Waals surface area contributed by atoms with Crippen LogP contribution in [-0.2, 0) is 6.54 Å². The van der Waals surface area contributed by atoms with E-state index in [1.165, 1.54) is 0 Å². The number of H-pyrrole nitrogens is 1. The average molecular weight is 345 g/mol. The van der Waals surface area contributed by atoms with Crippen LogP contribution in [0.3, 0.4) is 0 Å². The first-order chi connectivity index (χ1) is 8.56. The Kier molecular flexibility index (Phi) is 4.26. The van der Waals surface area contributed by atoms with E-state index < -0.39 is 0 Å². The molecular weight excluding hydrogens is 336 g/mol. The smallest absolute Gasteiger partial charge is 0.304 e. The van der Waals surface area contributed by atoms with E-state index in [-0.39, 0.29) is 10.8 Å². The average Bonchev–Trinajstić information content (AvgIpc) is 2.72. The summed E-state index contributed by atoms with van der Waals surface area (Å²) in [6, 6.07) is 5.23. The van der Waals surface area contributed by atoms with Crippen LogP contribution in [0, 0.1) is 0 Å². The van der Waals surface area contributed by atoms with Crippen molar-refractivity contribution in [1.82, 2.24) is 10.3 Å². The number of aromatic amines is 1. The molecule has 0 aliphatic heterocycles. The molecule has 0 fully saturated rings. The molecule has 1 amide bonds. The van der Waals surface area contributed by atoms with Gasteiger partial charge >= 0.3 is 4.87 Å². The van der Waals surface area contributed by atoms with Crippen molar-refractivity contribution in [2.75, 3.05) is 0 Å². The molecular formula is C11H9BrN2O2S2. The van der Waals surface area contributed by atoms with Crippen LogP contribution in [0.15, 0.2) is 37.7 Å². The SMILES string of the molecule is O=C(NCc1csc(=O)[nH]1)c1ccc(Br)cc1S. The maximum atomic E-state index is 11.9. The van der Waals surface area contributed by atoms with Gasteiger partial charge in [-0.3, -0.25) is 9.59 Å². The summed E-state index contributed by atoms with van der Waals surface area (Å²) in [4.78, 5) is 25.9. The minimum Gasteiger partial charge on any atom is -0.346 e. The number of hydrogen-bond donors (Lipinski definition) is 3. The van der Waals surface area contributed by atoms with Gasteiger partial charge in [0.2, 0.25) is 0 Å². The fraction of sp³-hybridized carbons (Fsp3) is 0.0909. The Hall–Kier alpha value is -1.05. The molecule has 2 N–H and O–H groups in total. The number of amides is 1. The molecule has 0 radical (unpaired) electrons. The second-order valence-corrected chi connectivity index (χ2v) is 5.76. The predicted octanol–water partition coefficient (Wildman–Crippen LogP) is 2.42. The van der Waals surface area contributed by atoms with Crippen LogP contribution in [-0.4, -0.2) is 10.9 Å². The zero-order valence-corrected chi connectivity index (χ0v) is 12.4. The maximum Gasteiger partial charge on any atom is 0.304 e. The van der Waals surface area contributed by atoms with Gasteiger partial charge in [-0.1, -0.05) is 27.3 Å². The molecule has 1 aromatic carbocycles. The van der Waals surface area contributed by atoms with Crippen molar-refractivity contribution in [2.45, 2.75) is 11.4 Å². The summed E-state index contributed by atoms with van der Waals surface area (Å²) in [5, 5.41) is 4.41. The number of benzene rings is 1. The van der Waals surface area contributed by atoms with Gasteiger partial charge < -0.3 is 10.3 Å². The third-order valence-corrected chi connectivity index (χ3v) is 3.80. The van der Waals surface area contributed by atoms with Gasteiger partial charge in [0.1, 0.15) is 0 Å². The summed E-state index contributed by atoms with van der Waals surface area (Å²) in [5.74, 6) is -0.223. The van der Waals surface area contributed by atoms with Gasteiger partial charge in [-0.2, -0.15) is 0 Å². The molecule has 94 valence electrons. The van der Waals surface area contributed by atoms with Gasteiger partial charge in [-0.25, -0.2) is 0 Å². The molecule has 2 rings (SSSR count). The molecule has 2 aromatic rings. The van der Waals surface area contributed by atoms with E-state index >= 15 is 0 Å². The van der Waals surface area contributed by atoms with Gasteiger partial charge in [0.15, 0.2) is 0 Å². The first-order valence-electron chi connectivity index (χ1n) is 4.99. The number of nitrogens with one attached hydrogen (secondary N) is 2.